The fourth-order valence-electron chi connectivity index (χ4n) is 1.69. The highest BCUT2D eigenvalue weighted by molar-refractivity contribution is 5.58. The minimum Gasteiger partial charge on any atom is -0.374 e. The average molecular weight is 165 g/mol. The highest BCUT2D eigenvalue weighted by Crippen LogP contribution is 2.28. The molecule has 0 saturated carbocycles. The molecule has 0 atom stereocenters. The van der Waals surface area contributed by atoms with Gasteiger partial charge in [0.25, 0.3) is 0 Å². The molecule has 0 saturated heterocycles. The number of halogens is 1. The van der Waals surface area contributed by atoms with Crippen LogP contribution < -0.4 is 4.90 Å². The smallest absolute Gasteiger partial charge is 0.128 e. The minimum absolute atomic E-state index is 0.0949. The van der Waals surface area contributed by atoms with E-state index >= 15 is 0 Å². The molecule has 0 N–H and O–H groups in total. The van der Waals surface area contributed by atoms with Crippen LogP contribution in [-0.4, -0.2) is 13.6 Å². The third-order valence-electron chi connectivity index (χ3n) is 2.49. The van der Waals surface area contributed by atoms with Gasteiger partial charge in [-0.1, -0.05) is 6.07 Å². The van der Waals surface area contributed by atoms with E-state index in [1.807, 2.05) is 20.0 Å². The number of anilines is 1. The van der Waals surface area contributed by atoms with Crippen LogP contribution in [0, 0.1) is 12.7 Å². The molecule has 0 spiro atoms. The summed E-state index contributed by atoms with van der Waals surface area (Å²) in [6.07, 6.45) is 1.05. The monoisotopic (exact) mass is 165 g/mol. The summed E-state index contributed by atoms with van der Waals surface area (Å²) in [4.78, 5) is 2.10. The Bertz CT molecular complexity index is 320. The molecule has 0 radical (unpaired) electrons. The predicted octanol–water partition coefficient (Wildman–Crippen LogP) is 2.13. The summed E-state index contributed by atoms with van der Waals surface area (Å²) >= 11 is 0. The maximum atomic E-state index is 13.1. The fraction of sp³-hybridized carbons (Fsp3) is 0.400. The van der Waals surface area contributed by atoms with Gasteiger partial charge < -0.3 is 4.90 Å². The van der Waals surface area contributed by atoms with Crippen molar-refractivity contribution in [1.82, 2.24) is 0 Å². The summed E-state index contributed by atoms with van der Waals surface area (Å²) in [6.45, 7) is 2.83. The number of aryl methyl sites for hydroxylation is 1. The zero-order chi connectivity index (χ0) is 8.72. The first-order valence-corrected chi connectivity index (χ1v) is 4.18. The van der Waals surface area contributed by atoms with Gasteiger partial charge in [-0.3, -0.25) is 0 Å². The second-order valence-electron chi connectivity index (χ2n) is 3.40. The second-order valence-corrected chi connectivity index (χ2v) is 3.40. The summed E-state index contributed by atoms with van der Waals surface area (Å²) in [7, 11) is 2.00. The maximum Gasteiger partial charge on any atom is 0.128 e. The van der Waals surface area contributed by atoms with Gasteiger partial charge in [0, 0.05) is 19.3 Å². The molecule has 0 aromatic heterocycles. The molecule has 1 heterocycles. The summed E-state index contributed by atoms with van der Waals surface area (Å²) in [5.41, 5.74) is 3.08. The van der Waals surface area contributed by atoms with E-state index in [2.05, 4.69) is 4.90 Å². The number of rotatable bonds is 0. The minimum atomic E-state index is -0.0949. The first kappa shape index (κ1) is 7.59. The van der Waals surface area contributed by atoms with E-state index in [4.69, 9.17) is 0 Å². The molecule has 0 fully saturated rings. The van der Waals surface area contributed by atoms with Crippen molar-refractivity contribution in [3.8, 4) is 0 Å². The van der Waals surface area contributed by atoms with Crippen molar-refractivity contribution in [2.45, 2.75) is 13.3 Å². The van der Waals surface area contributed by atoms with Crippen LogP contribution in [0.1, 0.15) is 11.1 Å². The summed E-state index contributed by atoms with van der Waals surface area (Å²) < 4.78 is 13.1. The highest BCUT2D eigenvalue weighted by Gasteiger charge is 2.16. The third-order valence-corrected chi connectivity index (χ3v) is 2.49. The molecule has 0 unspecified atom stereocenters. The van der Waals surface area contributed by atoms with E-state index in [1.54, 1.807) is 6.07 Å². The topological polar surface area (TPSA) is 3.24 Å². The first-order valence-electron chi connectivity index (χ1n) is 4.18. The van der Waals surface area contributed by atoms with Crippen LogP contribution in [0.4, 0.5) is 10.1 Å². The molecular formula is C10H12FN. The number of likely N-dealkylation sites (N-methyl/N-ethyl adjacent to an activating group) is 1. The molecule has 1 aliphatic heterocycles. The Labute approximate surface area is 71.8 Å². The molecule has 0 bridgehead atoms. The van der Waals surface area contributed by atoms with Gasteiger partial charge in [0.15, 0.2) is 0 Å². The number of nitrogens with zero attached hydrogens (tertiary/aromatic N) is 1. The standard InChI is InChI=1S/C10H12FN/c1-7-5-8-3-4-12(2)10(8)6-9(7)11/h5-6H,3-4H2,1-2H3. The molecule has 1 nitrogen and oxygen atoms in total. The molecule has 1 aliphatic rings. The van der Waals surface area contributed by atoms with Crippen molar-refractivity contribution >= 4 is 5.69 Å². The van der Waals surface area contributed by atoms with Gasteiger partial charge in [-0.15, -0.1) is 0 Å². The maximum absolute atomic E-state index is 13.1. The molecule has 2 rings (SSSR count). The van der Waals surface area contributed by atoms with Crippen LogP contribution in [0.2, 0.25) is 0 Å². The number of fused-ring (bicyclic) bond motifs is 1. The second kappa shape index (κ2) is 2.47. The first-order chi connectivity index (χ1) is 5.68. The van der Waals surface area contributed by atoms with Crippen molar-refractivity contribution in [3.05, 3.63) is 29.1 Å². The predicted molar refractivity (Wildman–Crippen MR) is 48.1 cm³/mol. The van der Waals surface area contributed by atoms with Crippen LogP contribution in [-0.2, 0) is 6.42 Å². The summed E-state index contributed by atoms with van der Waals surface area (Å²) in [5.74, 6) is -0.0949. The van der Waals surface area contributed by atoms with Crippen LogP contribution in [0.25, 0.3) is 0 Å². The fourth-order valence-corrected chi connectivity index (χ4v) is 1.69. The Balaban J connectivity index is 2.56. The third kappa shape index (κ3) is 0.986. The van der Waals surface area contributed by atoms with Crippen LogP contribution in [0.5, 0.6) is 0 Å². The van der Waals surface area contributed by atoms with Gasteiger partial charge in [0.2, 0.25) is 0 Å². The largest absolute Gasteiger partial charge is 0.374 e. The lowest BCUT2D eigenvalue weighted by molar-refractivity contribution is 0.618. The number of hydrogen-bond donors (Lipinski definition) is 0. The van der Waals surface area contributed by atoms with Crippen molar-refractivity contribution in [2.24, 2.45) is 0 Å². The molecule has 0 aliphatic carbocycles. The van der Waals surface area contributed by atoms with Crippen LogP contribution in [0.15, 0.2) is 12.1 Å². The Morgan fingerprint density at radius 2 is 2.17 bits per heavy atom. The Kier molecular flexibility index (Phi) is 1.56. The van der Waals surface area contributed by atoms with E-state index in [0.29, 0.717) is 0 Å². The summed E-state index contributed by atoms with van der Waals surface area (Å²) in [5, 5.41) is 0. The zero-order valence-corrected chi connectivity index (χ0v) is 7.39. The molecular weight excluding hydrogens is 153 g/mol. The van der Waals surface area contributed by atoms with Crippen LogP contribution in [0.3, 0.4) is 0 Å². The van der Waals surface area contributed by atoms with Gasteiger partial charge in [0.1, 0.15) is 5.82 Å². The molecule has 2 heteroatoms. The molecule has 64 valence electrons. The number of benzene rings is 1. The van der Waals surface area contributed by atoms with Crippen molar-refractivity contribution in [3.63, 3.8) is 0 Å². The molecule has 1 aromatic rings. The van der Waals surface area contributed by atoms with Crippen molar-refractivity contribution in [2.75, 3.05) is 18.5 Å². The average Bonchev–Trinajstić information content (AvgIpc) is 2.35. The van der Waals surface area contributed by atoms with Gasteiger partial charge >= 0.3 is 0 Å². The lowest BCUT2D eigenvalue weighted by Crippen LogP contribution is -2.12. The van der Waals surface area contributed by atoms with Gasteiger partial charge in [-0.05, 0) is 30.5 Å². The van der Waals surface area contributed by atoms with Crippen molar-refractivity contribution in [1.29, 1.82) is 0 Å². The Morgan fingerprint density at radius 1 is 1.42 bits per heavy atom. The quantitative estimate of drug-likeness (QED) is 0.569. The van der Waals surface area contributed by atoms with Gasteiger partial charge in [-0.25, -0.2) is 4.39 Å². The zero-order valence-electron chi connectivity index (χ0n) is 7.39. The van der Waals surface area contributed by atoms with E-state index in [-0.39, 0.29) is 5.82 Å². The normalized spacial score (nSPS) is 15.1. The molecule has 0 amide bonds. The molecule has 12 heavy (non-hydrogen) atoms. The van der Waals surface area contributed by atoms with Crippen molar-refractivity contribution < 1.29 is 4.39 Å². The van der Waals surface area contributed by atoms with E-state index in [1.165, 1.54) is 5.56 Å². The van der Waals surface area contributed by atoms with Gasteiger partial charge in [-0.2, -0.15) is 0 Å². The SMILES string of the molecule is Cc1cc2c(cc1F)N(C)CC2. The van der Waals surface area contributed by atoms with E-state index in [0.717, 1.165) is 24.2 Å². The van der Waals surface area contributed by atoms with E-state index < -0.39 is 0 Å². The molecule has 1 aromatic carbocycles. The lowest BCUT2D eigenvalue weighted by atomic mass is 10.1. The Hall–Kier alpha value is -1.05. The number of hydrogen-bond acceptors (Lipinski definition) is 1. The highest BCUT2D eigenvalue weighted by atomic mass is 19.1. The van der Waals surface area contributed by atoms with E-state index in [9.17, 15) is 4.39 Å². The summed E-state index contributed by atoms with van der Waals surface area (Å²) in [6, 6.07) is 3.59. The van der Waals surface area contributed by atoms with Gasteiger partial charge in [0.05, 0.1) is 0 Å². The van der Waals surface area contributed by atoms with Crippen LogP contribution >= 0.6 is 0 Å². The lowest BCUT2D eigenvalue weighted by Gasteiger charge is -2.11. The Morgan fingerprint density at radius 3 is 2.92 bits per heavy atom.